The van der Waals surface area contributed by atoms with E-state index < -0.39 is 5.60 Å². The van der Waals surface area contributed by atoms with Crippen LogP contribution in [0.15, 0.2) is 24.8 Å². The van der Waals surface area contributed by atoms with E-state index in [9.17, 15) is 9.90 Å². The first-order chi connectivity index (χ1) is 9.38. The van der Waals surface area contributed by atoms with Crippen LogP contribution in [-0.4, -0.2) is 37.3 Å². The van der Waals surface area contributed by atoms with Crippen LogP contribution in [-0.2, 0) is 12.6 Å². The SMILES string of the molecule is Cc1cnc(C(=O)NCC(C)(O)c2cnn(C)c2)cn1. The molecule has 7 heteroatoms. The van der Waals surface area contributed by atoms with Gasteiger partial charge in [-0.2, -0.15) is 5.10 Å². The van der Waals surface area contributed by atoms with Crippen molar-refractivity contribution < 1.29 is 9.90 Å². The van der Waals surface area contributed by atoms with Crippen molar-refractivity contribution in [3.63, 3.8) is 0 Å². The maximum absolute atomic E-state index is 11.9. The highest BCUT2D eigenvalue weighted by molar-refractivity contribution is 5.91. The van der Waals surface area contributed by atoms with Crippen LogP contribution in [0.25, 0.3) is 0 Å². The number of nitrogens with one attached hydrogen (secondary N) is 1. The Morgan fingerprint density at radius 2 is 2.15 bits per heavy atom. The Balaban J connectivity index is 2.00. The topological polar surface area (TPSA) is 92.9 Å². The molecule has 2 aromatic heterocycles. The molecule has 0 aromatic carbocycles. The molecule has 2 heterocycles. The quantitative estimate of drug-likeness (QED) is 0.829. The number of aromatic nitrogens is 4. The molecule has 0 fully saturated rings. The molecule has 0 radical (unpaired) electrons. The first-order valence-corrected chi connectivity index (χ1v) is 6.17. The lowest BCUT2D eigenvalue weighted by Gasteiger charge is -2.22. The summed E-state index contributed by atoms with van der Waals surface area (Å²) in [6.07, 6.45) is 6.20. The van der Waals surface area contributed by atoms with Crippen molar-refractivity contribution in [3.05, 3.63) is 41.7 Å². The lowest BCUT2D eigenvalue weighted by atomic mass is 10.00. The smallest absolute Gasteiger partial charge is 0.271 e. The Bertz CT molecular complexity index is 603. The first kappa shape index (κ1) is 14.1. The summed E-state index contributed by atoms with van der Waals surface area (Å²) in [5.41, 5.74) is 0.402. The van der Waals surface area contributed by atoms with Crippen LogP contribution >= 0.6 is 0 Å². The van der Waals surface area contributed by atoms with E-state index in [2.05, 4.69) is 20.4 Å². The second kappa shape index (κ2) is 5.38. The standard InChI is InChI=1S/C13H17N5O2/c1-9-4-15-11(6-14-9)12(19)16-8-13(2,20)10-5-17-18(3)7-10/h4-7,20H,8H2,1-3H3,(H,16,19). The lowest BCUT2D eigenvalue weighted by molar-refractivity contribution is 0.0524. The Kier molecular flexibility index (Phi) is 3.80. The zero-order valence-corrected chi connectivity index (χ0v) is 11.7. The van der Waals surface area contributed by atoms with Gasteiger partial charge in [0.05, 0.1) is 24.6 Å². The van der Waals surface area contributed by atoms with Gasteiger partial charge in [-0.05, 0) is 13.8 Å². The summed E-state index contributed by atoms with van der Waals surface area (Å²) in [7, 11) is 1.76. The molecule has 7 nitrogen and oxygen atoms in total. The Labute approximate surface area is 116 Å². The minimum Gasteiger partial charge on any atom is -0.383 e. The van der Waals surface area contributed by atoms with Crippen molar-refractivity contribution in [2.75, 3.05) is 6.54 Å². The fraction of sp³-hybridized carbons (Fsp3) is 0.385. The molecule has 2 aromatic rings. The van der Waals surface area contributed by atoms with Crippen LogP contribution in [0, 0.1) is 6.92 Å². The van der Waals surface area contributed by atoms with E-state index in [-0.39, 0.29) is 18.1 Å². The molecule has 106 valence electrons. The predicted octanol–water partition coefficient (Wildman–Crippen LogP) is 0.156. The summed E-state index contributed by atoms with van der Waals surface area (Å²) in [6.45, 7) is 3.47. The molecule has 2 rings (SSSR count). The number of aliphatic hydroxyl groups is 1. The zero-order valence-electron chi connectivity index (χ0n) is 11.7. The van der Waals surface area contributed by atoms with Gasteiger partial charge in [0.15, 0.2) is 0 Å². The minimum absolute atomic E-state index is 0.0626. The molecule has 0 aliphatic rings. The monoisotopic (exact) mass is 275 g/mol. The van der Waals surface area contributed by atoms with Crippen molar-refractivity contribution in [3.8, 4) is 0 Å². The van der Waals surface area contributed by atoms with Crippen molar-refractivity contribution in [2.24, 2.45) is 7.05 Å². The zero-order chi connectivity index (χ0) is 14.8. The molecular weight excluding hydrogens is 258 g/mol. The summed E-state index contributed by atoms with van der Waals surface area (Å²) in [6, 6.07) is 0. The number of carbonyl (C=O) groups excluding carboxylic acids is 1. The Morgan fingerprint density at radius 3 is 2.70 bits per heavy atom. The van der Waals surface area contributed by atoms with Crippen molar-refractivity contribution in [1.82, 2.24) is 25.1 Å². The average molecular weight is 275 g/mol. The summed E-state index contributed by atoms with van der Waals surface area (Å²) in [4.78, 5) is 19.9. The van der Waals surface area contributed by atoms with Gasteiger partial charge in [-0.1, -0.05) is 0 Å². The third kappa shape index (κ3) is 3.18. The van der Waals surface area contributed by atoms with Crippen LogP contribution in [0.4, 0.5) is 0 Å². The van der Waals surface area contributed by atoms with Crippen LogP contribution in [0.1, 0.15) is 28.7 Å². The van der Waals surface area contributed by atoms with Gasteiger partial charge in [-0.15, -0.1) is 0 Å². The summed E-state index contributed by atoms with van der Waals surface area (Å²) >= 11 is 0. The molecule has 0 saturated carbocycles. The average Bonchev–Trinajstić information content (AvgIpc) is 2.84. The van der Waals surface area contributed by atoms with Crippen LogP contribution in [0.2, 0.25) is 0 Å². The van der Waals surface area contributed by atoms with E-state index in [0.717, 1.165) is 5.69 Å². The van der Waals surface area contributed by atoms with Gasteiger partial charge < -0.3 is 10.4 Å². The molecule has 0 saturated heterocycles. The van der Waals surface area contributed by atoms with Crippen molar-refractivity contribution in [2.45, 2.75) is 19.4 Å². The molecule has 0 spiro atoms. The van der Waals surface area contributed by atoms with E-state index >= 15 is 0 Å². The molecule has 1 unspecified atom stereocenters. The van der Waals surface area contributed by atoms with Crippen molar-refractivity contribution >= 4 is 5.91 Å². The van der Waals surface area contributed by atoms with Gasteiger partial charge in [0.1, 0.15) is 11.3 Å². The number of aryl methyl sites for hydroxylation is 2. The molecule has 20 heavy (non-hydrogen) atoms. The number of hydrogen-bond donors (Lipinski definition) is 2. The van der Waals surface area contributed by atoms with Gasteiger partial charge in [0, 0.05) is 25.0 Å². The van der Waals surface area contributed by atoms with E-state index in [1.54, 1.807) is 38.0 Å². The maximum Gasteiger partial charge on any atom is 0.271 e. The normalized spacial score (nSPS) is 13.8. The molecule has 0 aliphatic carbocycles. The second-order valence-corrected chi connectivity index (χ2v) is 4.90. The number of carbonyl (C=O) groups is 1. The highest BCUT2D eigenvalue weighted by atomic mass is 16.3. The molecule has 0 aliphatic heterocycles. The highest BCUT2D eigenvalue weighted by Crippen LogP contribution is 2.18. The fourth-order valence-corrected chi connectivity index (χ4v) is 1.65. The van der Waals surface area contributed by atoms with E-state index in [4.69, 9.17) is 0 Å². The predicted molar refractivity (Wildman–Crippen MR) is 71.9 cm³/mol. The van der Waals surface area contributed by atoms with E-state index in [1.807, 2.05) is 0 Å². The molecule has 1 amide bonds. The summed E-state index contributed by atoms with van der Waals surface area (Å²) < 4.78 is 1.59. The van der Waals surface area contributed by atoms with E-state index in [1.165, 1.54) is 12.4 Å². The van der Waals surface area contributed by atoms with Crippen LogP contribution in [0.3, 0.4) is 0 Å². The summed E-state index contributed by atoms with van der Waals surface area (Å²) in [5, 5.41) is 17.0. The third-order valence-electron chi connectivity index (χ3n) is 2.93. The van der Waals surface area contributed by atoms with Gasteiger partial charge in [-0.3, -0.25) is 14.5 Å². The Hall–Kier alpha value is -2.28. The molecule has 1 atom stereocenters. The van der Waals surface area contributed by atoms with Crippen LogP contribution < -0.4 is 5.32 Å². The molecule has 0 bridgehead atoms. The third-order valence-corrected chi connectivity index (χ3v) is 2.93. The number of hydrogen-bond acceptors (Lipinski definition) is 5. The fourth-order valence-electron chi connectivity index (χ4n) is 1.65. The lowest BCUT2D eigenvalue weighted by Crippen LogP contribution is -2.38. The summed E-state index contributed by atoms with van der Waals surface area (Å²) in [5.74, 6) is -0.373. The highest BCUT2D eigenvalue weighted by Gasteiger charge is 2.25. The van der Waals surface area contributed by atoms with Gasteiger partial charge >= 0.3 is 0 Å². The van der Waals surface area contributed by atoms with Gasteiger partial charge in [0.25, 0.3) is 5.91 Å². The van der Waals surface area contributed by atoms with Gasteiger partial charge in [0.2, 0.25) is 0 Å². The number of nitrogens with zero attached hydrogens (tertiary/aromatic N) is 4. The van der Waals surface area contributed by atoms with Crippen LogP contribution in [0.5, 0.6) is 0 Å². The van der Waals surface area contributed by atoms with Crippen molar-refractivity contribution in [1.29, 1.82) is 0 Å². The first-order valence-electron chi connectivity index (χ1n) is 6.17. The second-order valence-electron chi connectivity index (χ2n) is 4.90. The molecular formula is C13H17N5O2. The number of amides is 1. The number of rotatable bonds is 4. The van der Waals surface area contributed by atoms with Gasteiger partial charge in [-0.25, -0.2) is 4.98 Å². The largest absolute Gasteiger partial charge is 0.383 e. The Morgan fingerprint density at radius 1 is 1.40 bits per heavy atom. The molecule has 2 N–H and O–H groups in total. The minimum atomic E-state index is -1.19. The van der Waals surface area contributed by atoms with E-state index in [0.29, 0.717) is 5.56 Å². The maximum atomic E-state index is 11.9.